The molecule has 1 aromatic rings. The molecule has 0 amide bonds. The number of anilines is 1. The number of rotatable bonds is 5. The first-order chi connectivity index (χ1) is 8.75. The Kier molecular flexibility index (Phi) is 4.86. The van der Waals surface area contributed by atoms with Crippen molar-refractivity contribution in [2.24, 2.45) is 0 Å². The number of hydrogen-bond donors (Lipinski definition) is 1. The van der Waals surface area contributed by atoms with E-state index in [4.69, 9.17) is 4.74 Å². The van der Waals surface area contributed by atoms with Crippen molar-refractivity contribution in [3.05, 3.63) is 41.8 Å². The topological polar surface area (TPSA) is 21.3 Å². The van der Waals surface area contributed by atoms with Crippen LogP contribution in [0.25, 0.3) is 0 Å². The van der Waals surface area contributed by atoms with E-state index in [2.05, 4.69) is 11.9 Å². The van der Waals surface area contributed by atoms with E-state index in [1.165, 1.54) is 6.07 Å². The van der Waals surface area contributed by atoms with Crippen molar-refractivity contribution < 1.29 is 17.9 Å². The third kappa shape index (κ3) is 4.19. The summed E-state index contributed by atoms with van der Waals surface area (Å²) in [5.74, 6) is 0.0358. The van der Waals surface area contributed by atoms with Crippen LogP contribution >= 0.6 is 0 Å². The molecular formula is C14H18F3NO. The van der Waals surface area contributed by atoms with E-state index in [1.54, 1.807) is 26.8 Å². The van der Waals surface area contributed by atoms with E-state index < -0.39 is 11.7 Å². The van der Waals surface area contributed by atoms with Crippen molar-refractivity contribution >= 4 is 5.69 Å². The lowest BCUT2D eigenvalue weighted by atomic mass is 9.96. The molecule has 106 valence electrons. The summed E-state index contributed by atoms with van der Waals surface area (Å²) in [6.07, 6.45) is -4.37. The second kappa shape index (κ2) is 5.99. The predicted octanol–water partition coefficient (Wildman–Crippen LogP) is 4.75. The lowest BCUT2D eigenvalue weighted by Crippen LogP contribution is -2.11. The van der Waals surface area contributed by atoms with E-state index in [0.717, 1.165) is 6.07 Å². The summed E-state index contributed by atoms with van der Waals surface area (Å²) in [4.78, 5) is 0. The summed E-state index contributed by atoms with van der Waals surface area (Å²) >= 11 is 0. The fourth-order valence-corrected chi connectivity index (χ4v) is 1.75. The molecule has 0 bridgehead atoms. The fraction of sp³-hybridized carbons (Fsp3) is 0.429. The molecule has 19 heavy (non-hydrogen) atoms. The maximum Gasteiger partial charge on any atom is 0.416 e. The zero-order chi connectivity index (χ0) is 14.6. The molecule has 0 spiro atoms. The highest BCUT2D eigenvalue weighted by Crippen LogP contribution is 2.36. The van der Waals surface area contributed by atoms with Crippen LogP contribution in [-0.4, -0.2) is 6.61 Å². The van der Waals surface area contributed by atoms with Crippen molar-refractivity contribution in [3.63, 3.8) is 0 Å². The molecular weight excluding hydrogens is 255 g/mol. The Labute approximate surface area is 111 Å². The molecule has 1 aromatic carbocycles. The molecule has 0 saturated heterocycles. The van der Waals surface area contributed by atoms with Gasteiger partial charge >= 0.3 is 6.18 Å². The molecule has 0 aromatic heterocycles. The van der Waals surface area contributed by atoms with Crippen LogP contribution in [-0.2, 0) is 10.9 Å². The van der Waals surface area contributed by atoms with Gasteiger partial charge in [0.15, 0.2) is 5.88 Å². The maximum absolute atomic E-state index is 13.0. The number of alkyl halides is 3. The summed E-state index contributed by atoms with van der Waals surface area (Å²) in [6, 6.07) is 4.16. The minimum absolute atomic E-state index is 0.194. The van der Waals surface area contributed by atoms with E-state index >= 15 is 0 Å². The van der Waals surface area contributed by atoms with Crippen LogP contribution < -0.4 is 5.32 Å². The third-order valence-electron chi connectivity index (χ3n) is 2.58. The van der Waals surface area contributed by atoms with Crippen LogP contribution in [0.2, 0.25) is 0 Å². The molecule has 1 N–H and O–H groups in total. The first kappa shape index (κ1) is 15.4. The molecule has 0 aliphatic rings. The molecule has 1 rings (SSSR count). The van der Waals surface area contributed by atoms with Gasteiger partial charge in [-0.05, 0) is 37.1 Å². The Morgan fingerprint density at radius 2 is 2.00 bits per heavy atom. The molecule has 0 radical (unpaired) electrons. The number of halogens is 3. The van der Waals surface area contributed by atoms with Crippen LogP contribution in [0.1, 0.15) is 37.8 Å². The summed E-state index contributed by atoms with van der Waals surface area (Å²) in [7, 11) is 0. The summed E-state index contributed by atoms with van der Waals surface area (Å²) in [6.45, 7) is 9.22. The minimum Gasteiger partial charge on any atom is -0.480 e. The molecule has 0 saturated carbocycles. The molecule has 0 fully saturated rings. The average Bonchev–Trinajstić information content (AvgIpc) is 2.27. The van der Waals surface area contributed by atoms with Gasteiger partial charge in [0.2, 0.25) is 0 Å². The van der Waals surface area contributed by atoms with Gasteiger partial charge in [-0.3, -0.25) is 0 Å². The largest absolute Gasteiger partial charge is 0.480 e. The van der Waals surface area contributed by atoms with E-state index in [9.17, 15) is 13.2 Å². The molecule has 0 aliphatic carbocycles. The van der Waals surface area contributed by atoms with Gasteiger partial charge < -0.3 is 10.1 Å². The number of nitrogens with one attached hydrogen (secondary N) is 1. The van der Waals surface area contributed by atoms with Gasteiger partial charge in [0, 0.05) is 5.69 Å². The maximum atomic E-state index is 13.0. The van der Waals surface area contributed by atoms with Gasteiger partial charge in [-0.25, -0.2) is 0 Å². The molecule has 5 heteroatoms. The monoisotopic (exact) mass is 273 g/mol. The SMILES string of the molecule is C=C(Nc1ccc(C(C)C)c(C(F)(F)F)c1)OCC. The zero-order valence-electron chi connectivity index (χ0n) is 11.3. The second-order valence-electron chi connectivity index (χ2n) is 4.44. The van der Waals surface area contributed by atoms with Gasteiger partial charge in [-0.2, -0.15) is 13.2 Å². The van der Waals surface area contributed by atoms with Crippen LogP contribution in [0.4, 0.5) is 18.9 Å². The lowest BCUT2D eigenvalue weighted by Gasteiger charge is -2.18. The van der Waals surface area contributed by atoms with E-state index in [-0.39, 0.29) is 17.4 Å². The highest BCUT2D eigenvalue weighted by atomic mass is 19.4. The van der Waals surface area contributed by atoms with Crippen LogP contribution in [0.15, 0.2) is 30.7 Å². The quantitative estimate of drug-likeness (QED) is 0.782. The van der Waals surface area contributed by atoms with Gasteiger partial charge in [0.05, 0.1) is 12.2 Å². The second-order valence-corrected chi connectivity index (χ2v) is 4.44. The summed E-state index contributed by atoms with van der Waals surface area (Å²) in [5.41, 5.74) is -0.0351. The van der Waals surface area contributed by atoms with Crippen molar-refractivity contribution in [3.8, 4) is 0 Å². The first-order valence-corrected chi connectivity index (χ1v) is 6.05. The smallest absolute Gasteiger partial charge is 0.416 e. The fourth-order valence-electron chi connectivity index (χ4n) is 1.75. The van der Waals surface area contributed by atoms with Gasteiger partial charge in [-0.1, -0.05) is 19.9 Å². The highest BCUT2D eigenvalue weighted by Gasteiger charge is 2.34. The van der Waals surface area contributed by atoms with Gasteiger partial charge in [-0.15, -0.1) is 0 Å². The van der Waals surface area contributed by atoms with Crippen LogP contribution in [0, 0.1) is 0 Å². The first-order valence-electron chi connectivity index (χ1n) is 6.05. The molecule has 2 nitrogen and oxygen atoms in total. The predicted molar refractivity (Wildman–Crippen MR) is 69.9 cm³/mol. The Balaban J connectivity index is 3.09. The van der Waals surface area contributed by atoms with E-state index in [1.807, 2.05) is 0 Å². The number of benzene rings is 1. The van der Waals surface area contributed by atoms with Crippen molar-refractivity contribution in [2.45, 2.75) is 32.9 Å². The Morgan fingerprint density at radius 1 is 1.37 bits per heavy atom. The van der Waals surface area contributed by atoms with Gasteiger partial charge in [0.25, 0.3) is 0 Å². The zero-order valence-corrected chi connectivity index (χ0v) is 11.3. The van der Waals surface area contributed by atoms with E-state index in [0.29, 0.717) is 12.3 Å². The number of hydrogen-bond acceptors (Lipinski definition) is 2. The van der Waals surface area contributed by atoms with Crippen molar-refractivity contribution in [1.82, 2.24) is 0 Å². The Hall–Kier alpha value is -1.65. The average molecular weight is 273 g/mol. The summed E-state index contributed by atoms with van der Waals surface area (Å²) in [5, 5.41) is 2.70. The molecule has 0 unspecified atom stereocenters. The number of ether oxygens (including phenoxy) is 1. The summed E-state index contributed by atoms with van der Waals surface area (Å²) < 4.78 is 44.0. The molecule has 0 aliphatic heterocycles. The standard InChI is InChI=1S/C14H18F3NO/c1-5-19-10(4)18-11-6-7-12(9(2)3)13(8-11)14(15,16)17/h6-9,18H,4-5H2,1-3H3. The third-order valence-corrected chi connectivity index (χ3v) is 2.58. The Bertz CT molecular complexity index is 452. The normalized spacial score (nSPS) is 11.5. The van der Waals surface area contributed by atoms with Crippen LogP contribution in [0.3, 0.4) is 0 Å². The van der Waals surface area contributed by atoms with Crippen molar-refractivity contribution in [1.29, 1.82) is 0 Å². The minimum atomic E-state index is -4.37. The Morgan fingerprint density at radius 3 is 2.47 bits per heavy atom. The highest BCUT2D eigenvalue weighted by molar-refractivity contribution is 5.52. The van der Waals surface area contributed by atoms with Crippen LogP contribution in [0.5, 0.6) is 0 Å². The van der Waals surface area contributed by atoms with Gasteiger partial charge in [0.1, 0.15) is 0 Å². The molecule has 0 heterocycles. The molecule has 0 atom stereocenters. The van der Waals surface area contributed by atoms with Crippen molar-refractivity contribution in [2.75, 3.05) is 11.9 Å². The lowest BCUT2D eigenvalue weighted by molar-refractivity contribution is -0.138.